The Balaban J connectivity index is 1.28. The Morgan fingerprint density at radius 2 is 1.02 bits per heavy atom. The van der Waals surface area contributed by atoms with Crippen molar-refractivity contribution in [2.75, 3.05) is 9.71 Å². The van der Waals surface area contributed by atoms with E-state index in [1.807, 2.05) is 0 Å². The van der Waals surface area contributed by atoms with E-state index in [9.17, 15) is 0 Å². The Morgan fingerprint density at radius 3 is 1.69 bits per heavy atom. The molecular weight excluding hydrogens is 791 g/mol. The molecule has 0 saturated heterocycles. The number of anilines is 5. The number of hydrogen-bond donors (Lipinski definition) is 0. The molecule has 5 heteroatoms. The van der Waals surface area contributed by atoms with Crippen molar-refractivity contribution < 1.29 is 8.83 Å². The molecule has 10 aromatic rings. The van der Waals surface area contributed by atoms with Gasteiger partial charge in [-0.1, -0.05) is 172 Å². The summed E-state index contributed by atoms with van der Waals surface area (Å²) in [5, 5.41) is 4.41. The van der Waals surface area contributed by atoms with Gasteiger partial charge in [0.1, 0.15) is 16.7 Å². The van der Waals surface area contributed by atoms with Crippen LogP contribution < -0.4 is 20.6 Å². The van der Waals surface area contributed by atoms with Gasteiger partial charge in [0.25, 0.3) is 0 Å². The van der Waals surface area contributed by atoms with Crippen molar-refractivity contribution >= 4 is 90.1 Å². The summed E-state index contributed by atoms with van der Waals surface area (Å²) in [7, 11) is 0. The summed E-state index contributed by atoms with van der Waals surface area (Å²) in [6.07, 6.45) is 0. The first-order valence-electron chi connectivity index (χ1n) is 23.1. The number of nitrogens with zero attached hydrogens (tertiary/aromatic N) is 2. The highest BCUT2D eigenvalue weighted by molar-refractivity contribution is 6.94. The largest absolute Gasteiger partial charge is 0.455 e. The van der Waals surface area contributed by atoms with Crippen LogP contribution in [0.1, 0.15) is 79.0 Å². The first-order chi connectivity index (χ1) is 31.1. The normalized spacial score (nSPS) is 13.8. The Bertz CT molecular complexity index is 3560. The lowest BCUT2D eigenvalue weighted by molar-refractivity contribution is 0.590. The third-order valence-electron chi connectivity index (χ3n) is 14.1. The van der Waals surface area contributed by atoms with E-state index in [1.54, 1.807) is 0 Å². The average molecular weight is 845 g/mol. The molecule has 0 saturated carbocycles. The van der Waals surface area contributed by atoms with Crippen molar-refractivity contribution in [1.29, 1.82) is 0 Å². The molecule has 0 N–H and O–H groups in total. The third kappa shape index (κ3) is 5.97. The molecule has 8 aromatic carbocycles. The topological polar surface area (TPSA) is 32.8 Å². The number of rotatable bonds is 3. The minimum atomic E-state index is -0.237. The molecule has 0 fully saturated rings. The Hall–Kier alpha value is -6.98. The van der Waals surface area contributed by atoms with Gasteiger partial charge in [-0.05, 0) is 98.0 Å². The zero-order valence-electron chi connectivity index (χ0n) is 38.8. The second kappa shape index (κ2) is 13.8. The van der Waals surface area contributed by atoms with Crippen LogP contribution in [0.4, 0.5) is 28.4 Å². The van der Waals surface area contributed by atoms with Crippen molar-refractivity contribution in [2.45, 2.75) is 78.6 Å². The summed E-state index contributed by atoms with van der Waals surface area (Å²) in [5.41, 5.74) is 19.9. The standard InChI is InChI=1S/C60H53BN2O2/c1-58(2,3)37-23-27-40(28-24-37)63-49-34-39(60(7,8)9)25-29-44(49)53-54-50(35-46-42-20-14-16-22-52(42)64-56(46)53)62(48-32-26-38(59(4,5)6)33-45(48)36-17-11-10-12-18-36)55-47(61(54)63)31-30-43-41-19-13-15-21-51(41)65-57(43)55/h10-35H,1-9H3. The first-order valence-corrected chi connectivity index (χ1v) is 23.1. The number of fused-ring (bicyclic) bond motifs is 12. The summed E-state index contributed by atoms with van der Waals surface area (Å²) >= 11 is 0. The van der Waals surface area contributed by atoms with Crippen LogP contribution in [0.25, 0.3) is 66.1 Å². The maximum absolute atomic E-state index is 7.17. The first kappa shape index (κ1) is 39.6. The van der Waals surface area contributed by atoms with Gasteiger partial charge in [-0.3, -0.25) is 0 Å². The molecule has 0 bridgehead atoms. The predicted molar refractivity (Wildman–Crippen MR) is 276 cm³/mol. The van der Waals surface area contributed by atoms with Crippen LogP contribution in [0.5, 0.6) is 0 Å². The summed E-state index contributed by atoms with van der Waals surface area (Å²) in [6, 6.07) is 58.6. The molecule has 4 heterocycles. The molecule has 0 radical (unpaired) electrons. The highest BCUT2D eigenvalue weighted by Crippen LogP contribution is 2.54. The lowest BCUT2D eigenvalue weighted by atomic mass is 9.43. The van der Waals surface area contributed by atoms with Gasteiger partial charge in [0.15, 0.2) is 5.58 Å². The quantitative estimate of drug-likeness (QED) is 0.166. The summed E-state index contributed by atoms with van der Waals surface area (Å²) in [5.74, 6) is 0. The zero-order valence-corrected chi connectivity index (χ0v) is 38.8. The van der Waals surface area contributed by atoms with Crippen LogP contribution in [-0.2, 0) is 16.2 Å². The van der Waals surface area contributed by atoms with Gasteiger partial charge in [-0.15, -0.1) is 0 Å². The monoisotopic (exact) mass is 844 g/mol. The molecule has 0 amide bonds. The molecule has 2 aromatic heterocycles. The fraction of sp³-hybridized carbons (Fsp3) is 0.200. The molecule has 0 aliphatic carbocycles. The van der Waals surface area contributed by atoms with E-state index in [0.29, 0.717) is 0 Å². The number of benzene rings is 8. The lowest BCUT2D eigenvalue weighted by Gasteiger charge is -2.46. The summed E-state index contributed by atoms with van der Waals surface area (Å²) < 4.78 is 14.3. The minimum Gasteiger partial charge on any atom is -0.455 e. The van der Waals surface area contributed by atoms with Crippen molar-refractivity contribution in [3.05, 3.63) is 174 Å². The second-order valence-corrected chi connectivity index (χ2v) is 21.4. The van der Waals surface area contributed by atoms with E-state index in [0.717, 1.165) is 77.8 Å². The molecule has 2 aliphatic rings. The van der Waals surface area contributed by atoms with Crippen molar-refractivity contribution in [1.82, 2.24) is 0 Å². The van der Waals surface area contributed by atoms with E-state index >= 15 is 0 Å². The van der Waals surface area contributed by atoms with Crippen molar-refractivity contribution in [2.24, 2.45) is 0 Å². The molecule has 0 spiro atoms. The average Bonchev–Trinajstić information content (AvgIpc) is 3.86. The van der Waals surface area contributed by atoms with Crippen LogP contribution in [0.15, 0.2) is 167 Å². The van der Waals surface area contributed by atoms with Crippen LogP contribution in [0, 0.1) is 0 Å². The predicted octanol–water partition coefficient (Wildman–Crippen LogP) is 15.8. The fourth-order valence-electron chi connectivity index (χ4n) is 10.6. The van der Waals surface area contributed by atoms with Gasteiger partial charge in [0.05, 0.1) is 11.4 Å². The van der Waals surface area contributed by atoms with Gasteiger partial charge >= 0.3 is 6.85 Å². The molecular formula is C60H53BN2O2. The van der Waals surface area contributed by atoms with Crippen molar-refractivity contribution in [3.63, 3.8) is 0 Å². The molecule has 0 atom stereocenters. The highest BCUT2D eigenvalue weighted by atomic mass is 16.3. The SMILES string of the molecule is CC(C)(C)c1ccc(N2B3c4ccc5c(oc6ccccc65)c4N(c4ccc(C(C)(C)C)cc4-c4ccccc4)c4cc5c(oc6ccccc65)c(c43)-c3ccc(C(C)(C)C)cc32)cc1. The Labute approximate surface area is 382 Å². The van der Waals surface area contributed by atoms with E-state index in [-0.39, 0.29) is 23.1 Å². The van der Waals surface area contributed by atoms with Gasteiger partial charge in [0.2, 0.25) is 0 Å². The fourth-order valence-corrected chi connectivity index (χ4v) is 10.6. The van der Waals surface area contributed by atoms with E-state index in [4.69, 9.17) is 8.83 Å². The van der Waals surface area contributed by atoms with E-state index < -0.39 is 0 Å². The van der Waals surface area contributed by atoms with Crippen LogP contribution in [0.2, 0.25) is 0 Å². The minimum absolute atomic E-state index is 0.00818. The molecule has 318 valence electrons. The molecule has 65 heavy (non-hydrogen) atoms. The summed E-state index contributed by atoms with van der Waals surface area (Å²) in [4.78, 5) is 5.16. The molecule has 12 rings (SSSR count). The van der Waals surface area contributed by atoms with Crippen LogP contribution in [0.3, 0.4) is 0 Å². The van der Waals surface area contributed by atoms with Gasteiger partial charge in [-0.25, -0.2) is 0 Å². The smallest absolute Gasteiger partial charge is 0.333 e. The van der Waals surface area contributed by atoms with Crippen molar-refractivity contribution in [3.8, 4) is 22.3 Å². The number of hydrogen-bond acceptors (Lipinski definition) is 4. The highest BCUT2D eigenvalue weighted by Gasteiger charge is 2.48. The Morgan fingerprint density at radius 1 is 0.431 bits per heavy atom. The van der Waals surface area contributed by atoms with Gasteiger partial charge < -0.3 is 18.5 Å². The maximum atomic E-state index is 7.17. The molecule has 4 nitrogen and oxygen atoms in total. The number of para-hydroxylation sites is 2. The molecule has 2 aliphatic heterocycles. The lowest BCUT2D eigenvalue weighted by Crippen LogP contribution is -2.61. The summed E-state index contributed by atoms with van der Waals surface area (Å²) in [6.45, 7) is 20.5. The Kier molecular flexibility index (Phi) is 8.39. The number of furan rings is 2. The molecule has 0 unspecified atom stereocenters. The van der Waals surface area contributed by atoms with Gasteiger partial charge in [-0.2, -0.15) is 0 Å². The third-order valence-corrected chi connectivity index (χ3v) is 14.1. The van der Waals surface area contributed by atoms with E-state index in [1.165, 1.54) is 44.4 Å². The zero-order chi connectivity index (χ0) is 44.7. The van der Waals surface area contributed by atoms with E-state index in [2.05, 4.69) is 230 Å². The van der Waals surface area contributed by atoms with Crippen LogP contribution in [-0.4, -0.2) is 6.85 Å². The van der Waals surface area contributed by atoms with Gasteiger partial charge in [0, 0.05) is 55.3 Å². The maximum Gasteiger partial charge on any atom is 0.333 e. The van der Waals surface area contributed by atoms with Crippen LogP contribution >= 0.6 is 0 Å². The second-order valence-electron chi connectivity index (χ2n) is 21.4.